The van der Waals surface area contributed by atoms with Gasteiger partial charge >= 0.3 is 0 Å². The number of methoxy groups -OCH3 is 1. The minimum absolute atomic E-state index is 0.112. The Balaban J connectivity index is 1.43. The van der Waals surface area contributed by atoms with E-state index in [1.165, 1.54) is 7.11 Å². The zero-order chi connectivity index (χ0) is 21.8. The van der Waals surface area contributed by atoms with Crippen molar-refractivity contribution < 1.29 is 19.0 Å². The van der Waals surface area contributed by atoms with E-state index >= 15 is 0 Å². The van der Waals surface area contributed by atoms with Gasteiger partial charge < -0.3 is 24.1 Å². The van der Waals surface area contributed by atoms with Crippen molar-refractivity contribution in [1.82, 2.24) is 14.8 Å². The van der Waals surface area contributed by atoms with Gasteiger partial charge in [0.15, 0.2) is 17.2 Å². The Labute approximate surface area is 181 Å². The van der Waals surface area contributed by atoms with Gasteiger partial charge in [0.2, 0.25) is 18.1 Å². The lowest BCUT2D eigenvalue weighted by atomic mass is 9.99. The van der Waals surface area contributed by atoms with Gasteiger partial charge in [0.05, 0.1) is 13.3 Å². The number of aromatic nitrogens is 1. The molecule has 8 nitrogen and oxygen atoms in total. The van der Waals surface area contributed by atoms with Crippen molar-refractivity contribution in [3.63, 3.8) is 0 Å². The molecule has 0 radical (unpaired) electrons. The van der Waals surface area contributed by atoms with Gasteiger partial charge in [-0.3, -0.25) is 14.5 Å². The van der Waals surface area contributed by atoms with E-state index in [1.54, 1.807) is 12.3 Å². The fourth-order valence-electron chi connectivity index (χ4n) is 3.94. The number of piperidine rings is 1. The predicted molar refractivity (Wildman–Crippen MR) is 115 cm³/mol. The van der Waals surface area contributed by atoms with Crippen LogP contribution in [0.1, 0.15) is 31.0 Å². The first-order chi connectivity index (χ1) is 15.0. The Morgan fingerprint density at radius 2 is 1.97 bits per heavy atom. The molecule has 2 aromatic rings. The molecule has 1 aromatic heterocycles. The van der Waals surface area contributed by atoms with E-state index in [1.807, 2.05) is 22.8 Å². The van der Waals surface area contributed by atoms with Crippen molar-refractivity contribution in [2.75, 3.05) is 27.0 Å². The lowest BCUT2D eigenvalue weighted by molar-refractivity contribution is -0.121. The smallest absolute Gasteiger partial charge is 0.240 e. The van der Waals surface area contributed by atoms with Gasteiger partial charge in [0, 0.05) is 24.8 Å². The zero-order valence-corrected chi connectivity index (χ0v) is 18.1. The predicted octanol–water partition coefficient (Wildman–Crippen LogP) is 2.13. The first-order valence-electron chi connectivity index (χ1n) is 10.7. The van der Waals surface area contributed by atoms with Crippen molar-refractivity contribution in [3.05, 3.63) is 51.9 Å². The lowest BCUT2D eigenvalue weighted by Gasteiger charge is -2.31. The topological polar surface area (TPSA) is 82.0 Å². The Kier molecular flexibility index (Phi) is 6.46. The Hall–Kier alpha value is -3.00. The number of fused-ring (bicyclic) bond motifs is 1. The van der Waals surface area contributed by atoms with Crippen LogP contribution in [0.25, 0.3) is 0 Å². The normalized spacial score (nSPS) is 16.3. The summed E-state index contributed by atoms with van der Waals surface area (Å²) in [4.78, 5) is 27.3. The van der Waals surface area contributed by atoms with Gasteiger partial charge in [-0.1, -0.05) is 13.0 Å². The van der Waals surface area contributed by atoms with Crippen LogP contribution in [0.5, 0.6) is 17.2 Å². The van der Waals surface area contributed by atoms with Crippen molar-refractivity contribution in [1.29, 1.82) is 0 Å². The molecule has 1 aromatic carbocycles. The van der Waals surface area contributed by atoms with Gasteiger partial charge in [0.1, 0.15) is 6.54 Å². The number of benzene rings is 1. The molecule has 0 bridgehead atoms. The molecule has 0 aliphatic carbocycles. The summed E-state index contributed by atoms with van der Waals surface area (Å²) in [6, 6.07) is 7.20. The summed E-state index contributed by atoms with van der Waals surface area (Å²) < 4.78 is 17.7. The van der Waals surface area contributed by atoms with Gasteiger partial charge in [-0.15, -0.1) is 0 Å². The van der Waals surface area contributed by atoms with Gasteiger partial charge in [-0.2, -0.15) is 0 Å². The Morgan fingerprint density at radius 3 is 2.74 bits per heavy atom. The third kappa shape index (κ3) is 5.19. The number of carbonyl (C=O) groups is 1. The summed E-state index contributed by atoms with van der Waals surface area (Å²) in [5.74, 6) is 2.23. The second-order valence-corrected chi connectivity index (χ2v) is 8.25. The number of carbonyl (C=O) groups excluding carboxylic acids is 1. The van der Waals surface area contributed by atoms with E-state index in [0.29, 0.717) is 24.6 Å². The molecule has 0 saturated carbocycles. The van der Waals surface area contributed by atoms with Crippen LogP contribution in [0.15, 0.2) is 35.3 Å². The standard InChI is InChI=1S/C23H29N3O5/c1-16-5-7-25(8-6-16)12-18-10-19(27)22(29-2)13-26(18)14-23(28)24-11-17-3-4-20-21(9-17)31-15-30-20/h3-4,9-10,13,16H,5-8,11-12,14-15H2,1-2H3,(H,24,28). The number of amides is 1. The van der Waals surface area contributed by atoms with Gasteiger partial charge in [0.25, 0.3) is 0 Å². The monoisotopic (exact) mass is 427 g/mol. The molecule has 2 aliphatic rings. The summed E-state index contributed by atoms with van der Waals surface area (Å²) in [5.41, 5.74) is 1.58. The maximum absolute atomic E-state index is 12.7. The zero-order valence-electron chi connectivity index (χ0n) is 18.1. The highest BCUT2D eigenvalue weighted by Crippen LogP contribution is 2.32. The van der Waals surface area contributed by atoms with Crippen LogP contribution in [0.4, 0.5) is 0 Å². The highest BCUT2D eigenvalue weighted by molar-refractivity contribution is 5.75. The lowest BCUT2D eigenvalue weighted by Crippen LogP contribution is -2.35. The molecule has 1 saturated heterocycles. The van der Waals surface area contributed by atoms with E-state index in [9.17, 15) is 9.59 Å². The summed E-state index contributed by atoms with van der Waals surface area (Å²) in [6.07, 6.45) is 3.93. The summed E-state index contributed by atoms with van der Waals surface area (Å²) in [7, 11) is 1.46. The first kappa shape index (κ1) is 21.2. The first-order valence-corrected chi connectivity index (χ1v) is 10.7. The van der Waals surface area contributed by atoms with Crippen molar-refractivity contribution in [3.8, 4) is 17.2 Å². The van der Waals surface area contributed by atoms with Crippen molar-refractivity contribution >= 4 is 5.91 Å². The van der Waals surface area contributed by atoms with Crippen molar-refractivity contribution in [2.45, 2.75) is 39.4 Å². The maximum Gasteiger partial charge on any atom is 0.240 e. The molecule has 2 aliphatic heterocycles. The van der Waals surface area contributed by atoms with Crippen LogP contribution in [-0.4, -0.2) is 42.4 Å². The fraction of sp³-hybridized carbons (Fsp3) is 0.478. The average Bonchev–Trinajstić information content (AvgIpc) is 3.23. The Morgan fingerprint density at radius 1 is 1.19 bits per heavy atom. The van der Waals surface area contributed by atoms with E-state index in [-0.39, 0.29) is 30.4 Å². The van der Waals surface area contributed by atoms with Crippen LogP contribution >= 0.6 is 0 Å². The minimum Gasteiger partial charge on any atom is -0.491 e. The molecule has 3 heterocycles. The number of hydrogen-bond acceptors (Lipinski definition) is 6. The third-order valence-electron chi connectivity index (χ3n) is 5.90. The second kappa shape index (κ2) is 9.43. The number of ether oxygens (including phenoxy) is 3. The minimum atomic E-state index is -0.167. The third-order valence-corrected chi connectivity index (χ3v) is 5.90. The molecule has 4 rings (SSSR count). The van der Waals surface area contributed by atoms with Crippen molar-refractivity contribution in [2.24, 2.45) is 5.92 Å². The molecule has 0 unspecified atom stereocenters. The Bertz CT molecular complexity index is 995. The highest BCUT2D eigenvalue weighted by atomic mass is 16.7. The number of likely N-dealkylation sites (tertiary alicyclic amines) is 1. The number of nitrogens with one attached hydrogen (secondary N) is 1. The largest absolute Gasteiger partial charge is 0.491 e. The SMILES string of the molecule is COc1cn(CC(=O)NCc2ccc3c(c2)OCO3)c(CN2CCC(C)CC2)cc1=O. The van der Waals surface area contributed by atoms with Crippen LogP contribution < -0.4 is 25.0 Å². The second-order valence-electron chi connectivity index (χ2n) is 8.25. The number of rotatable bonds is 7. The maximum atomic E-state index is 12.7. The van der Waals surface area contributed by atoms with Crippen LogP contribution in [0.2, 0.25) is 0 Å². The van der Waals surface area contributed by atoms with E-state index in [4.69, 9.17) is 14.2 Å². The number of hydrogen-bond donors (Lipinski definition) is 1. The quantitative estimate of drug-likeness (QED) is 0.729. The molecule has 0 spiro atoms. The average molecular weight is 428 g/mol. The van der Waals surface area contributed by atoms with Gasteiger partial charge in [-0.25, -0.2) is 0 Å². The van der Waals surface area contributed by atoms with E-state index in [2.05, 4.69) is 17.1 Å². The van der Waals surface area contributed by atoms with E-state index < -0.39 is 0 Å². The molecule has 166 valence electrons. The number of pyridine rings is 1. The molecule has 1 N–H and O–H groups in total. The molecule has 1 amide bonds. The molecule has 1 fully saturated rings. The molecular weight excluding hydrogens is 398 g/mol. The van der Waals surface area contributed by atoms with Gasteiger partial charge in [-0.05, 0) is 49.5 Å². The summed E-state index contributed by atoms with van der Waals surface area (Å²) in [5, 5.41) is 2.94. The number of nitrogens with zero attached hydrogens (tertiary/aromatic N) is 2. The fourth-order valence-corrected chi connectivity index (χ4v) is 3.94. The van der Waals surface area contributed by atoms with Crippen LogP contribution in [-0.2, 0) is 24.4 Å². The summed E-state index contributed by atoms with van der Waals surface area (Å²) in [6.45, 7) is 5.62. The molecule has 31 heavy (non-hydrogen) atoms. The molecular formula is C23H29N3O5. The summed E-state index contributed by atoms with van der Waals surface area (Å²) >= 11 is 0. The highest BCUT2D eigenvalue weighted by Gasteiger charge is 2.19. The van der Waals surface area contributed by atoms with E-state index in [0.717, 1.165) is 43.1 Å². The van der Waals surface area contributed by atoms with Crippen LogP contribution in [0.3, 0.4) is 0 Å². The molecule has 8 heteroatoms. The van der Waals surface area contributed by atoms with Crippen LogP contribution in [0, 0.1) is 5.92 Å². The molecule has 0 atom stereocenters.